The number of rotatable bonds is 6. The van der Waals surface area contributed by atoms with Crippen molar-refractivity contribution in [1.29, 1.82) is 0 Å². The summed E-state index contributed by atoms with van der Waals surface area (Å²) in [6.07, 6.45) is 0.768. The fourth-order valence-corrected chi connectivity index (χ4v) is 5.46. The topological polar surface area (TPSA) is 99.3 Å². The smallest absolute Gasteiger partial charge is 0.409 e. The van der Waals surface area contributed by atoms with Crippen molar-refractivity contribution in [3.63, 3.8) is 0 Å². The number of nitrogens with one attached hydrogen (secondary N) is 1. The third kappa shape index (κ3) is 5.92. The molecule has 31 heavy (non-hydrogen) atoms. The Labute approximate surface area is 182 Å². The summed E-state index contributed by atoms with van der Waals surface area (Å²) in [6.45, 7) is 3.67. The molecule has 2 aliphatic rings. The number of nitrogens with zero attached hydrogens (tertiary/aromatic N) is 3. The van der Waals surface area contributed by atoms with Crippen molar-refractivity contribution >= 4 is 22.2 Å². The first kappa shape index (κ1) is 23.4. The molecular formula is C20H29FN4O5S. The van der Waals surface area contributed by atoms with Gasteiger partial charge in [0.05, 0.1) is 12.5 Å². The SMILES string of the molecule is CCOC(=O)N1CCN(S(=O)(=O)N2CCC[C@H](C(=O)NCc3ccc(F)cc3)C2)CC1. The van der Waals surface area contributed by atoms with Gasteiger partial charge in [-0.1, -0.05) is 12.1 Å². The zero-order chi connectivity index (χ0) is 22.4. The highest BCUT2D eigenvalue weighted by Gasteiger charge is 2.37. The molecule has 0 radical (unpaired) electrons. The molecule has 1 aromatic carbocycles. The fraction of sp³-hybridized carbons (Fsp3) is 0.600. The van der Waals surface area contributed by atoms with Gasteiger partial charge in [0.15, 0.2) is 0 Å². The van der Waals surface area contributed by atoms with Crippen LogP contribution in [0.3, 0.4) is 0 Å². The average Bonchev–Trinajstić information content (AvgIpc) is 2.79. The van der Waals surface area contributed by atoms with Crippen molar-refractivity contribution in [3.8, 4) is 0 Å². The number of amides is 2. The summed E-state index contributed by atoms with van der Waals surface area (Å²) in [4.78, 5) is 25.9. The molecule has 2 aliphatic heterocycles. The van der Waals surface area contributed by atoms with E-state index in [-0.39, 0.29) is 57.6 Å². The summed E-state index contributed by atoms with van der Waals surface area (Å²) in [5, 5.41) is 2.82. The van der Waals surface area contributed by atoms with Crippen molar-refractivity contribution in [3.05, 3.63) is 35.6 Å². The van der Waals surface area contributed by atoms with Gasteiger partial charge in [-0.2, -0.15) is 17.0 Å². The van der Waals surface area contributed by atoms with Crippen LogP contribution in [-0.4, -0.2) is 79.8 Å². The second-order valence-corrected chi connectivity index (χ2v) is 9.56. The third-order valence-corrected chi connectivity index (χ3v) is 7.55. The number of hydrogen-bond donors (Lipinski definition) is 1. The lowest BCUT2D eigenvalue weighted by molar-refractivity contribution is -0.126. The van der Waals surface area contributed by atoms with Gasteiger partial charge in [-0.15, -0.1) is 0 Å². The maximum absolute atomic E-state index is 13.1. The summed E-state index contributed by atoms with van der Waals surface area (Å²) < 4.78 is 46.8. The van der Waals surface area contributed by atoms with E-state index in [0.29, 0.717) is 19.4 Å². The van der Waals surface area contributed by atoms with E-state index in [2.05, 4.69) is 5.32 Å². The largest absolute Gasteiger partial charge is 0.450 e. The highest BCUT2D eigenvalue weighted by atomic mass is 32.2. The number of ether oxygens (including phenoxy) is 1. The minimum atomic E-state index is -3.72. The van der Waals surface area contributed by atoms with Crippen LogP contribution in [0.5, 0.6) is 0 Å². The van der Waals surface area contributed by atoms with Crippen LogP contribution in [-0.2, 0) is 26.3 Å². The number of piperidine rings is 1. The molecule has 0 saturated carbocycles. The molecule has 0 bridgehead atoms. The molecule has 0 spiro atoms. The number of carbonyl (C=O) groups excluding carboxylic acids is 2. The standard InChI is InChI=1S/C20H29FN4O5S/c1-2-30-20(27)23-10-12-24(13-11-23)31(28,29)25-9-3-4-17(15-25)19(26)22-14-16-5-7-18(21)8-6-16/h5-8,17H,2-4,9-15H2,1H3,(H,22,26)/t17-/m0/s1. The van der Waals surface area contributed by atoms with E-state index >= 15 is 0 Å². The first-order valence-electron chi connectivity index (χ1n) is 10.5. The Bertz CT molecular complexity index is 872. The first-order valence-corrected chi connectivity index (χ1v) is 11.9. The predicted octanol–water partition coefficient (Wildman–Crippen LogP) is 1.17. The van der Waals surface area contributed by atoms with E-state index in [1.165, 1.54) is 25.6 Å². The maximum atomic E-state index is 13.1. The summed E-state index contributed by atoms with van der Waals surface area (Å²) in [5.74, 6) is -0.993. The van der Waals surface area contributed by atoms with E-state index in [1.807, 2.05) is 0 Å². The maximum Gasteiger partial charge on any atom is 0.409 e. The van der Waals surface area contributed by atoms with Crippen LogP contribution in [0.1, 0.15) is 25.3 Å². The van der Waals surface area contributed by atoms with E-state index in [1.54, 1.807) is 19.1 Å². The molecule has 3 rings (SSSR count). The molecule has 2 amide bonds. The number of benzene rings is 1. The zero-order valence-electron chi connectivity index (χ0n) is 17.6. The van der Waals surface area contributed by atoms with Gasteiger partial charge in [-0.3, -0.25) is 4.79 Å². The molecule has 2 saturated heterocycles. The van der Waals surface area contributed by atoms with Crippen LogP contribution in [0.15, 0.2) is 24.3 Å². The molecule has 1 N–H and O–H groups in total. The molecule has 2 heterocycles. The van der Waals surface area contributed by atoms with Crippen molar-refractivity contribution in [1.82, 2.24) is 18.8 Å². The fourth-order valence-electron chi connectivity index (χ4n) is 3.78. The van der Waals surface area contributed by atoms with E-state index < -0.39 is 22.2 Å². The monoisotopic (exact) mass is 456 g/mol. The van der Waals surface area contributed by atoms with Gasteiger partial charge >= 0.3 is 6.09 Å². The van der Waals surface area contributed by atoms with Gasteiger partial charge in [0.1, 0.15) is 5.82 Å². The van der Waals surface area contributed by atoms with Crippen LogP contribution in [0.4, 0.5) is 9.18 Å². The van der Waals surface area contributed by atoms with Crippen LogP contribution in [0.25, 0.3) is 0 Å². The first-order chi connectivity index (χ1) is 14.8. The summed E-state index contributed by atoms with van der Waals surface area (Å²) >= 11 is 0. The summed E-state index contributed by atoms with van der Waals surface area (Å²) in [6, 6.07) is 5.86. The number of hydrogen-bond acceptors (Lipinski definition) is 5. The minimum absolute atomic E-state index is 0.121. The zero-order valence-corrected chi connectivity index (χ0v) is 18.4. The second kappa shape index (κ2) is 10.4. The minimum Gasteiger partial charge on any atom is -0.450 e. The van der Waals surface area contributed by atoms with Gasteiger partial charge in [0.2, 0.25) is 5.91 Å². The van der Waals surface area contributed by atoms with E-state index in [0.717, 1.165) is 5.56 Å². The lowest BCUT2D eigenvalue weighted by Gasteiger charge is -2.38. The normalized spacial score (nSPS) is 21.0. The Morgan fingerprint density at radius 1 is 1.10 bits per heavy atom. The van der Waals surface area contributed by atoms with Crippen LogP contribution >= 0.6 is 0 Å². The number of carbonyl (C=O) groups is 2. The van der Waals surface area contributed by atoms with Crippen LogP contribution in [0.2, 0.25) is 0 Å². The average molecular weight is 457 g/mol. The molecule has 172 valence electrons. The van der Waals surface area contributed by atoms with Crippen LogP contribution in [0, 0.1) is 11.7 Å². The van der Waals surface area contributed by atoms with Gasteiger partial charge in [-0.05, 0) is 37.5 Å². The highest BCUT2D eigenvalue weighted by molar-refractivity contribution is 7.86. The molecule has 1 aromatic rings. The Balaban J connectivity index is 1.53. The molecule has 11 heteroatoms. The van der Waals surface area contributed by atoms with Gasteiger partial charge in [0, 0.05) is 45.8 Å². The Hall–Kier alpha value is -2.24. The van der Waals surface area contributed by atoms with Crippen molar-refractivity contribution in [2.24, 2.45) is 5.92 Å². The van der Waals surface area contributed by atoms with Crippen LogP contribution < -0.4 is 5.32 Å². The van der Waals surface area contributed by atoms with Crippen molar-refractivity contribution < 1.29 is 27.1 Å². The Morgan fingerprint density at radius 3 is 2.42 bits per heavy atom. The molecule has 9 nitrogen and oxygen atoms in total. The Morgan fingerprint density at radius 2 is 1.77 bits per heavy atom. The summed E-state index contributed by atoms with van der Waals surface area (Å²) in [7, 11) is -3.72. The lowest BCUT2D eigenvalue weighted by Crippen LogP contribution is -2.56. The molecule has 0 unspecified atom stereocenters. The predicted molar refractivity (Wildman–Crippen MR) is 112 cm³/mol. The van der Waals surface area contributed by atoms with Gasteiger partial charge < -0.3 is 15.0 Å². The van der Waals surface area contributed by atoms with Crippen molar-refractivity contribution in [2.45, 2.75) is 26.3 Å². The van der Waals surface area contributed by atoms with Gasteiger partial charge in [-0.25, -0.2) is 9.18 Å². The second-order valence-electron chi connectivity index (χ2n) is 7.63. The van der Waals surface area contributed by atoms with E-state index in [4.69, 9.17) is 4.74 Å². The van der Waals surface area contributed by atoms with Gasteiger partial charge in [0.25, 0.3) is 10.2 Å². The van der Waals surface area contributed by atoms with Crippen molar-refractivity contribution in [2.75, 3.05) is 45.9 Å². The molecule has 1 atom stereocenters. The number of halogens is 1. The molecular weight excluding hydrogens is 427 g/mol. The lowest BCUT2D eigenvalue weighted by atomic mass is 9.99. The highest BCUT2D eigenvalue weighted by Crippen LogP contribution is 2.22. The Kier molecular flexibility index (Phi) is 7.84. The van der Waals surface area contributed by atoms with E-state index in [9.17, 15) is 22.4 Å². The third-order valence-electron chi connectivity index (χ3n) is 5.55. The number of piperazine rings is 1. The molecule has 2 fully saturated rings. The molecule has 0 aromatic heterocycles. The summed E-state index contributed by atoms with van der Waals surface area (Å²) in [5.41, 5.74) is 0.773. The molecule has 0 aliphatic carbocycles. The quantitative estimate of drug-likeness (QED) is 0.693.